The zero-order valence-corrected chi connectivity index (χ0v) is 12.0. The zero-order valence-electron chi connectivity index (χ0n) is 11.2. The van der Waals surface area contributed by atoms with Gasteiger partial charge in [-0.05, 0) is 44.5 Å². The van der Waals surface area contributed by atoms with Crippen LogP contribution in [0.1, 0.15) is 28.7 Å². The van der Waals surface area contributed by atoms with Crippen LogP contribution in [0.4, 0.5) is 10.8 Å². The van der Waals surface area contributed by atoms with Gasteiger partial charge in [-0.15, -0.1) is 0 Å². The number of rotatable bonds is 4. The van der Waals surface area contributed by atoms with Crippen molar-refractivity contribution in [1.29, 1.82) is 0 Å². The van der Waals surface area contributed by atoms with Gasteiger partial charge in [-0.25, -0.2) is 4.98 Å². The maximum absolute atomic E-state index is 12.1. The molecule has 0 spiro atoms. The Morgan fingerprint density at radius 1 is 1.37 bits per heavy atom. The summed E-state index contributed by atoms with van der Waals surface area (Å²) < 4.78 is 4.03. The molecule has 19 heavy (non-hydrogen) atoms. The molecule has 0 aliphatic rings. The Balaban J connectivity index is 2.13. The number of carbonyl (C=O) groups excluding carboxylic acids is 1. The highest BCUT2D eigenvalue weighted by molar-refractivity contribution is 7.09. The molecule has 0 saturated heterocycles. The van der Waals surface area contributed by atoms with Crippen LogP contribution in [-0.2, 0) is 0 Å². The van der Waals surface area contributed by atoms with Crippen molar-refractivity contribution in [2.45, 2.75) is 20.8 Å². The molecule has 0 bridgehead atoms. The first kappa shape index (κ1) is 13.5. The molecule has 0 aliphatic carbocycles. The Bertz CT molecular complexity index is 594. The van der Waals surface area contributed by atoms with E-state index < -0.39 is 0 Å². The van der Waals surface area contributed by atoms with Gasteiger partial charge in [0.1, 0.15) is 5.82 Å². The smallest absolute Gasteiger partial charge is 0.257 e. The van der Waals surface area contributed by atoms with E-state index >= 15 is 0 Å². The summed E-state index contributed by atoms with van der Waals surface area (Å²) in [5.74, 6) is 0.501. The molecule has 0 saturated carbocycles. The number of aryl methyl sites for hydroxylation is 2. The Labute approximate surface area is 116 Å². The molecule has 0 atom stereocenters. The average molecular weight is 276 g/mol. The minimum Gasteiger partial charge on any atom is -0.385 e. The van der Waals surface area contributed by atoms with Gasteiger partial charge in [0.05, 0.1) is 0 Å². The van der Waals surface area contributed by atoms with Gasteiger partial charge >= 0.3 is 0 Å². The van der Waals surface area contributed by atoms with Crippen LogP contribution in [0.15, 0.2) is 18.2 Å². The van der Waals surface area contributed by atoms with Crippen LogP contribution in [0.25, 0.3) is 0 Å². The van der Waals surface area contributed by atoms with E-state index in [1.165, 1.54) is 11.5 Å². The van der Waals surface area contributed by atoms with Crippen molar-refractivity contribution in [3.05, 3.63) is 35.2 Å². The number of carbonyl (C=O) groups is 1. The Morgan fingerprint density at radius 2 is 2.16 bits per heavy atom. The monoisotopic (exact) mass is 276 g/mol. The summed E-state index contributed by atoms with van der Waals surface area (Å²) in [4.78, 5) is 16.2. The lowest BCUT2D eigenvalue weighted by molar-refractivity contribution is 0.102. The second-order valence-corrected chi connectivity index (χ2v) is 4.91. The lowest BCUT2D eigenvalue weighted by Gasteiger charge is -2.09. The van der Waals surface area contributed by atoms with Crippen LogP contribution < -0.4 is 10.6 Å². The number of anilines is 2. The molecule has 0 unspecified atom stereocenters. The van der Waals surface area contributed by atoms with E-state index in [0.717, 1.165) is 17.8 Å². The van der Waals surface area contributed by atoms with Gasteiger partial charge in [0.2, 0.25) is 5.13 Å². The fourth-order valence-corrected chi connectivity index (χ4v) is 2.28. The molecule has 0 radical (unpaired) electrons. The highest BCUT2D eigenvalue weighted by Crippen LogP contribution is 2.18. The molecule has 2 rings (SSSR count). The molecule has 1 aromatic heterocycles. The van der Waals surface area contributed by atoms with Crippen molar-refractivity contribution in [1.82, 2.24) is 9.36 Å². The van der Waals surface area contributed by atoms with Crippen molar-refractivity contribution in [2.75, 3.05) is 17.2 Å². The van der Waals surface area contributed by atoms with Crippen LogP contribution in [-0.4, -0.2) is 21.8 Å². The summed E-state index contributed by atoms with van der Waals surface area (Å²) in [7, 11) is 0. The van der Waals surface area contributed by atoms with Crippen molar-refractivity contribution in [3.8, 4) is 0 Å². The van der Waals surface area contributed by atoms with Crippen molar-refractivity contribution >= 4 is 28.3 Å². The molecule has 6 heteroatoms. The first-order chi connectivity index (χ1) is 9.10. The van der Waals surface area contributed by atoms with Crippen LogP contribution in [0, 0.1) is 13.8 Å². The molecule has 0 fully saturated rings. The number of nitrogens with zero attached hydrogens (tertiary/aromatic N) is 2. The minimum atomic E-state index is -0.165. The third-order valence-electron chi connectivity index (χ3n) is 2.60. The molecule has 100 valence electrons. The summed E-state index contributed by atoms with van der Waals surface area (Å²) >= 11 is 1.18. The summed E-state index contributed by atoms with van der Waals surface area (Å²) in [5.41, 5.74) is 2.71. The van der Waals surface area contributed by atoms with Crippen LogP contribution in [0.5, 0.6) is 0 Å². The molecule has 1 amide bonds. The van der Waals surface area contributed by atoms with Crippen LogP contribution in [0.3, 0.4) is 0 Å². The molecule has 2 aromatic rings. The number of hydrogen-bond donors (Lipinski definition) is 2. The number of hydrogen-bond acceptors (Lipinski definition) is 5. The van der Waals surface area contributed by atoms with Crippen LogP contribution >= 0.6 is 11.5 Å². The van der Waals surface area contributed by atoms with Gasteiger partial charge in [0.15, 0.2) is 0 Å². The molecule has 2 N–H and O–H groups in total. The van der Waals surface area contributed by atoms with Gasteiger partial charge in [-0.1, -0.05) is 0 Å². The summed E-state index contributed by atoms with van der Waals surface area (Å²) in [5, 5.41) is 6.51. The topological polar surface area (TPSA) is 66.9 Å². The molecule has 0 aliphatic heterocycles. The van der Waals surface area contributed by atoms with Crippen molar-refractivity contribution in [2.24, 2.45) is 0 Å². The van der Waals surface area contributed by atoms with E-state index in [1.807, 2.05) is 26.0 Å². The SMILES string of the molecule is CCNc1ccc(C(=O)Nc2nc(C)ns2)cc1C. The van der Waals surface area contributed by atoms with E-state index in [0.29, 0.717) is 16.5 Å². The van der Waals surface area contributed by atoms with Gasteiger partial charge in [-0.3, -0.25) is 10.1 Å². The van der Waals surface area contributed by atoms with Crippen molar-refractivity contribution < 1.29 is 4.79 Å². The third-order valence-corrected chi connectivity index (χ3v) is 3.33. The Morgan fingerprint density at radius 3 is 2.74 bits per heavy atom. The highest BCUT2D eigenvalue weighted by atomic mass is 32.1. The predicted octanol–water partition coefficient (Wildman–Crippen LogP) is 2.84. The Hall–Kier alpha value is -1.95. The van der Waals surface area contributed by atoms with E-state index in [-0.39, 0.29) is 5.91 Å². The van der Waals surface area contributed by atoms with E-state index in [1.54, 1.807) is 13.0 Å². The normalized spacial score (nSPS) is 10.3. The molecular weight excluding hydrogens is 260 g/mol. The first-order valence-electron chi connectivity index (χ1n) is 6.06. The Kier molecular flexibility index (Phi) is 4.11. The standard InChI is InChI=1S/C13H16N4OS/c1-4-14-11-6-5-10(7-8(11)2)12(18)16-13-15-9(3)17-19-13/h5-7,14H,4H2,1-3H3,(H,15,16,17,18). The van der Waals surface area contributed by atoms with Gasteiger partial charge in [0, 0.05) is 29.3 Å². The largest absolute Gasteiger partial charge is 0.385 e. The zero-order chi connectivity index (χ0) is 13.8. The minimum absolute atomic E-state index is 0.165. The fourth-order valence-electron chi connectivity index (χ4n) is 1.71. The summed E-state index contributed by atoms with van der Waals surface area (Å²) in [6, 6.07) is 5.58. The van der Waals surface area contributed by atoms with Gasteiger partial charge in [-0.2, -0.15) is 4.37 Å². The van der Waals surface area contributed by atoms with E-state index in [9.17, 15) is 4.79 Å². The lowest BCUT2D eigenvalue weighted by atomic mass is 10.1. The maximum Gasteiger partial charge on any atom is 0.257 e. The predicted molar refractivity (Wildman–Crippen MR) is 77.9 cm³/mol. The quantitative estimate of drug-likeness (QED) is 0.901. The molecule has 5 nitrogen and oxygen atoms in total. The molecular formula is C13H16N4OS. The van der Waals surface area contributed by atoms with Gasteiger partial charge < -0.3 is 5.32 Å². The third kappa shape index (κ3) is 3.29. The highest BCUT2D eigenvalue weighted by Gasteiger charge is 2.10. The second kappa shape index (κ2) is 5.79. The van der Waals surface area contributed by atoms with Gasteiger partial charge in [0.25, 0.3) is 5.91 Å². The summed E-state index contributed by atoms with van der Waals surface area (Å²) in [6.45, 7) is 6.67. The average Bonchev–Trinajstić information content (AvgIpc) is 2.77. The molecule has 1 heterocycles. The molecule has 1 aromatic carbocycles. The lowest BCUT2D eigenvalue weighted by Crippen LogP contribution is -2.12. The number of nitrogens with one attached hydrogen (secondary N) is 2. The van der Waals surface area contributed by atoms with E-state index in [2.05, 4.69) is 20.0 Å². The number of amides is 1. The maximum atomic E-state index is 12.1. The summed E-state index contributed by atoms with van der Waals surface area (Å²) in [6.07, 6.45) is 0. The second-order valence-electron chi connectivity index (χ2n) is 4.16. The van der Waals surface area contributed by atoms with Crippen LogP contribution in [0.2, 0.25) is 0 Å². The van der Waals surface area contributed by atoms with Crippen molar-refractivity contribution in [3.63, 3.8) is 0 Å². The first-order valence-corrected chi connectivity index (χ1v) is 6.83. The number of benzene rings is 1. The number of aromatic nitrogens is 2. The van der Waals surface area contributed by atoms with E-state index in [4.69, 9.17) is 0 Å². The fraction of sp³-hybridized carbons (Fsp3) is 0.308.